The number of carboxylic acid groups (broad SMARTS) is 1. The fourth-order valence-corrected chi connectivity index (χ4v) is 2.16. The molecule has 0 aromatic carbocycles. The lowest BCUT2D eigenvalue weighted by molar-refractivity contribution is -0.223. The number of aliphatic hydroxyl groups is 3. The number of hydrogen-bond acceptors (Lipinski definition) is 8. The second-order valence-electron chi connectivity index (χ2n) is 4.73. The molecule has 0 aliphatic carbocycles. The van der Waals surface area contributed by atoms with E-state index in [2.05, 4.69) is 4.98 Å². The van der Waals surface area contributed by atoms with Crippen LogP contribution in [0.25, 0.3) is 0 Å². The molecule has 2 heterocycles. The van der Waals surface area contributed by atoms with Crippen molar-refractivity contribution < 1.29 is 34.8 Å². The van der Waals surface area contributed by atoms with Crippen LogP contribution in [0, 0.1) is 0 Å². The van der Waals surface area contributed by atoms with Crippen LogP contribution in [-0.2, 0) is 9.53 Å². The van der Waals surface area contributed by atoms with Crippen LogP contribution >= 0.6 is 0 Å². The monoisotopic (exact) mass is 313 g/mol. The number of carbonyl (C=O) groups excluding carboxylic acids is 1. The number of nitrogens with two attached hydrogens (primary N) is 1. The van der Waals surface area contributed by atoms with Crippen LogP contribution in [0.15, 0.2) is 18.3 Å². The van der Waals surface area contributed by atoms with Crippen LogP contribution in [0.3, 0.4) is 0 Å². The number of rotatable bonds is 3. The number of carbonyl (C=O) groups is 2. The molecule has 1 fully saturated rings. The summed E-state index contributed by atoms with van der Waals surface area (Å²) in [7, 11) is 0. The number of pyridine rings is 1. The first-order chi connectivity index (χ1) is 10.4. The Labute approximate surface area is 124 Å². The Morgan fingerprint density at radius 2 is 1.91 bits per heavy atom. The molecule has 10 nitrogen and oxygen atoms in total. The average Bonchev–Trinajstić information content (AvgIpc) is 2.52. The van der Waals surface area contributed by atoms with Crippen molar-refractivity contribution in [1.82, 2.24) is 10.4 Å². The van der Waals surface area contributed by atoms with E-state index in [4.69, 9.17) is 15.7 Å². The van der Waals surface area contributed by atoms with Gasteiger partial charge in [0, 0.05) is 6.20 Å². The van der Waals surface area contributed by atoms with Crippen molar-refractivity contribution in [2.45, 2.75) is 30.5 Å². The van der Waals surface area contributed by atoms with Gasteiger partial charge in [0.15, 0.2) is 6.10 Å². The maximum atomic E-state index is 11.6. The fourth-order valence-electron chi connectivity index (χ4n) is 2.16. The van der Waals surface area contributed by atoms with E-state index in [9.17, 15) is 24.9 Å². The lowest BCUT2D eigenvalue weighted by Crippen LogP contribution is -2.59. The van der Waals surface area contributed by atoms with Crippen molar-refractivity contribution in [3.8, 4) is 0 Å². The van der Waals surface area contributed by atoms with Crippen molar-refractivity contribution in [3.05, 3.63) is 29.6 Å². The summed E-state index contributed by atoms with van der Waals surface area (Å²) >= 11 is 0. The zero-order chi connectivity index (χ0) is 16.4. The summed E-state index contributed by atoms with van der Waals surface area (Å²) in [5, 5.41) is 38.5. The Kier molecular flexibility index (Phi) is 4.68. The number of carboxylic acids is 1. The second kappa shape index (κ2) is 6.34. The normalized spacial score (nSPS) is 31.5. The number of hydrazine groups is 1. The van der Waals surface area contributed by atoms with Crippen molar-refractivity contribution in [1.29, 1.82) is 0 Å². The highest BCUT2D eigenvalue weighted by molar-refractivity contribution is 5.87. The second-order valence-corrected chi connectivity index (χ2v) is 4.73. The Morgan fingerprint density at radius 1 is 1.23 bits per heavy atom. The summed E-state index contributed by atoms with van der Waals surface area (Å²) in [5.74, 6) is 2.84. The van der Waals surface area contributed by atoms with Gasteiger partial charge in [-0.3, -0.25) is 15.2 Å². The number of nitrogens with one attached hydrogen (secondary N) is 1. The fraction of sp³-hybridized carbons (Fsp3) is 0.417. The van der Waals surface area contributed by atoms with E-state index in [-0.39, 0.29) is 11.3 Å². The van der Waals surface area contributed by atoms with E-state index in [1.54, 1.807) is 5.43 Å². The van der Waals surface area contributed by atoms with E-state index in [1.807, 2.05) is 0 Å². The predicted molar refractivity (Wildman–Crippen MR) is 69.2 cm³/mol. The third-order valence-electron chi connectivity index (χ3n) is 3.33. The molecule has 1 aromatic rings. The number of ether oxygens (including phenoxy) is 1. The summed E-state index contributed by atoms with van der Waals surface area (Å²) in [4.78, 5) is 26.4. The zero-order valence-corrected chi connectivity index (χ0v) is 11.2. The minimum absolute atomic E-state index is 0.00632. The van der Waals surface area contributed by atoms with E-state index in [0.717, 1.165) is 6.07 Å². The molecule has 1 aliphatic rings. The first-order valence-corrected chi connectivity index (χ1v) is 6.26. The van der Waals surface area contributed by atoms with Gasteiger partial charge in [-0.1, -0.05) is 0 Å². The first-order valence-electron chi connectivity index (χ1n) is 6.26. The first kappa shape index (κ1) is 16.3. The van der Waals surface area contributed by atoms with E-state index >= 15 is 0 Å². The molecule has 0 radical (unpaired) electrons. The van der Waals surface area contributed by atoms with Gasteiger partial charge in [-0.15, -0.1) is 0 Å². The smallest absolute Gasteiger partial charge is 0.335 e. The van der Waals surface area contributed by atoms with Crippen molar-refractivity contribution in [2.75, 3.05) is 0 Å². The van der Waals surface area contributed by atoms with Gasteiger partial charge < -0.3 is 25.2 Å². The van der Waals surface area contributed by atoms with Gasteiger partial charge in [-0.25, -0.2) is 10.6 Å². The molecule has 0 saturated carbocycles. The van der Waals surface area contributed by atoms with Gasteiger partial charge in [0.1, 0.15) is 24.4 Å². The highest BCUT2D eigenvalue weighted by atomic mass is 16.5. The van der Waals surface area contributed by atoms with E-state index in [0.29, 0.717) is 0 Å². The van der Waals surface area contributed by atoms with Crippen molar-refractivity contribution in [3.63, 3.8) is 0 Å². The summed E-state index contributed by atoms with van der Waals surface area (Å²) < 4.78 is 5.25. The van der Waals surface area contributed by atoms with Gasteiger partial charge in [0.05, 0.1) is 11.3 Å². The Balaban J connectivity index is 2.34. The van der Waals surface area contributed by atoms with Crippen molar-refractivity contribution >= 4 is 11.9 Å². The SMILES string of the molecule is NNC(=O)[C@H]1OC(c2cc(C(=O)O)ccn2)[C@H](O)[C@@H](O)[C@@H]1O. The Bertz CT molecular complexity index is 582. The minimum Gasteiger partial charge on any atom is -0.478 e. The van der Waals surface area contributed by atoms with E-state index in [1.165, 1.54) is 12.3 Å². The van der Waals surface area contributed by atoms with Gasteiger partial charge in [0.2, 0.25) is 0 Å². The third-order valence-corrected chi connectivity index (χ3v) is 3.33. The molecule has 1 aromatic heterocycles. The zero-order valence-electron chi connectivity index (χ0n) is 11.2. The van der Waals surface area contributed by atoms with Crippen LogP contribution in [0.5, 0.6) is 0 Å². The number of nitrogens with zero attached hydrogens (tertiary/aromatic N) is 1. The van der Waals surface area contributed by atoms with E-state index < -0.39 is 42.4 Å². The topological polar surface area (TPSA) is 175 Å². The predicted octanol–water partition coefficient (Wildman–Crippen LogP) is -2.71. The maximum Gasteiger partial charge on any atom is 0.335 e. The number of hydrogen-bond donors (Lipinski definition) is 6. The van der Waals surface area contributed by atoms with Crippen LogP contribution in [-0.4, -0.2) is 61.7 Å². The third kappa shape index (κ3) is 2.91. The Morgan fingerprint density at radius 3 is 2.50 bits per heavy atom. The molecule has 1 aliphatic heterocycles. The Hall–Kier alpha value is -2.11. The van der Waals surface area contributed by atoms with Crippen LogP contribution in [0.1, 0.15) is 22.2 Å². The van der Waals surface area contributed by atoms with Crippen LogP contribution < -0.4 is 11.3 Å². The molecule has 10 heteroatoms. The number of amides is 1. The van der Waals surface area contributed by atoms with Gasteiger partial charge in [0.25, 0.3) is 5.91 Å². The molecule has 22 heavy (non-hydrogen) atoms. The molecule has 120 valence electrons. The molecule has 5 atom stereocenters. The minimum atomic E-state index is -1.70. The average molecular weight is 313 g/mol. The quantitative estimate of drug-likeness (QED) is 0.197. The highest BCUT2D eigenvalue weighted by Crippen LogP contribution is 2.31. The summed E-state index contributed by atoms with van der Waals surface area (Å²) in [6, 6.07) is 2.37. The molecule has 0 bridgehead atoms. The summed E-state index contributed by atoms with van der Waals surface area (Å²) in [6.07, 6.45) is -6.66. The van der Waals surface area contributed by atoms with Crippen LogP contribution in [0.2, 0.25) is 0 Å². The van der Waals surface area contributed by atoms with Gasteiger partial charge in [-0.2, -0.15) is 0 Å². The number of aromatic nitrogens is 1. The lowest BCUT2D eigenvalue weighted by atomic mass is 9.92. The molecular formula is C12H15N3O7. The molecule has 1 saturated heterocycles. The number of aromatic carboxylic acids is 1. The molecule has 7 N–H and O–H groups in total. The van der Waals surface area contributed by atoms with Crippen LogP contribution in [0.4, 0.5) is 0 Å². The summed E-state index contributed by atoms with van der Waals surface area (Å²) in [5.41, 5.74) is 1.65. The highest BCUT2D eigenvalue weighted by Gasteiger charge is 2.47. The van der Waals surface area contributed by atoms with Gasteiger partial charge >= 0.3 is 5.97 Å². The van der Waals surface area contributed by atoms with Gasteiger partial charge in [-0.05, 0) is 12.1 Å². The lowest BCUT2D eigenvalue weighted by Gasteiger charge is -2.39. The maximum absolute atomic E-state index is 11.6. The standard InChI is InChI=1S/C12H15N3O7/c13-15-11(19)10-8(18)6(16)7(17)9(22-10)5-3-4(12(20)21)1-2-14-5/h1-3,6-10,16-18H,13H2,(H,15,19)(H,20,21)/t6-,7-,8+,9?,10+/m1/s1. The summed E-state index contributed by atoms with van der Waals surface area (Å²) in [6.45, 7) is 0. The molecule has 0 spiro atoms. The number of aliphatic hydroxyl groups excluding tert-OH is 3. The van der Waals surface area contributed by atoms with Crippen molar-refractivity contribution in [2.24, 2.45) is 5.84 Å². The molecule has 2 rings (SSSR count). The molecule has 1 amide bonds. The largest absolute Gasteiger partial charge is 0.478 e. The molecular weight excluding hydrogens is 298 g/mol. The molecule has 1 unspecified atom stereocenters.